The Hall–Kier alpha value is -0.440. The van der Waals surface area contributed by atoms with E-state index in [0.717, 1.165) is 3.79 Å². The van der Waals surface area contributed by atoms with E-state index < -0.39 is 10.0 Å². The van der Waals surface area contributed by atoms with Crippen molar-refractivity contribution in [3.05, 3.63) is 20.8 Å². The molecule has 0 saturated heterocycles. The third kappa shape index (κ3) is 5.06. The van der Waals surface area contributed by atoms with Crippen LogP contribution in [-0.4, -0.2) is 26.6 Å². The van der Waals surface area contributed by atoms with Crippen molar-refractivity contribution < 1.29 is 13.2 Å². The van der Waals surface area contributed by atoms with Gasteiger partial charge in [-0.15, -0.1) is 11.3 Å². The molecule has 0 atom stereocenters. The first-order chi connectivity index (χ1) is 7.38. The molecule has 0 aliphatic heterocycles. The number of thiophene rings is 1. The molecule has 1 amide bonds. The first-order valence-corrected chi connectivity index (χ1v) is 7.75. The summed E-state index contributed by atoms with van der Waals surface area (Å²) in [6.45, 7) is 0.296. The summed E-state index contributed by atoms with van der Waals surface area (Å²) in [6.07, 6.45) is 0.317. The molecule has 0 aromatic carbocycles. The molecule has 0 spiro atoms. The van der Waals surface area contributed by atoms with Crippen LogP contribution in [0.15, 0.2) is 15.9 Å². The number of rotatable bonds is 5. The maximum atomic E-state index is 11.5. The second-order valence-corrected chi connectivity index (χ2v) is 7.28. The lowest BCUT2D eigenvalue weighted by molar-refractivity contribution is 0.0957. The number of hydrogen-bond donors (Lipinski definition) is 2. The van der Waals surface area contributed by atoms with Gasteiger partial charge in [0.15, 0.2) is 0 Å². The van der Waals surface area contributed by atoms with E-state index in [4.69, 9.17) is 5.14 Å². The van der Waals surface area contributed by atoms with Crippen LogP contribution in [-0.2, 0) is 10.0 Å². The molecule has 0 aliphatic rings. The van der Waals surface area contributed by atoms with Crippen molar-refractivity contribution in [1.82, 2.24) is 5.32 Å². The summed E-state index contributed by atoms with van der Waals surface area (Å²) >= 11 is 4.57. The topological polar surface area (TPSA) is 89.3 Å². The molecule has 1 aromatic heterocycles. The predicted molar refractivity (Wildman–Crippen MR) is 66.9 cm³/mol. The van der Waals surface area contributed by atoms with E-state index in [0.29, 0.717) is 17.8 Å². The van der Waals surface area contributed by atoms with Crippen LogP contribution in [0.25, 0.3) is 0 Å². The molecule has 5 nitrogen and oxygen atoms in total. The molecule has 0 radical (unpaired) electrons. The second-order valence-electron chi connectivity index (χ2n) is 3.08. The number of primary sulfonamides is 1. The molecule has 16 heavy (non-hydrogen) atoms. The summed E-state index contributed by atoms with van der Waals surface area (Å²) in [5.74, 6) is -0.327. The Kier molecular flexibility index (Phi) is 4.90. The molecule has 90 valence electrons. The molecule has 3 N–H and O–H groups in total. The molecule has 1 aromatic rings. The fourth-order valence-corrected chi connectivity index (χ4v) is 2.85. The van der Waals surface area contributed by atoms with Crippen molar-refractivity contribution in [3.8, 4) is 0 Å². The molecule has 0 aliphatic carbocycles. The van der Waals surface area contributed by atoms with E-state index in [1.54, 1.807) is 12.1 Å². The quantitative estimate of drug-likeness (QED) is 0.788. The van der Waals surface area contributed by atoms with Crippen molar-refractivity contribution in [3.63, 3.8) is 0 Å². The maximum absolute atomic E-state index is 11.5. The Labute approximate surface area is 106 Å². The van der Waals surface area contributed by atoms with Crippen LogP contribution in [0.3, 0.4) is 0 Å². The monoisotopic (exact) mass is 326 g/mol. The van der Waals surface area contributed by atoms with Gasteiger partial charge in [0.2, 0.25) is 10.0 Å². The zero-order chi connectivity index (χ0) is 12.2. The Morgan fingerprint density at radius 1 is 1.50 bits per heavy atom. The minimum atomic E-state index is -3.44. The minimum absolute atomic E-state index is 0.124. The van der Waals surface area contributed by atoms with Gasteiger partial charge < -0.3 is 5.32 Å². The average Bonchev–Trinajstić information content (AvgIpc) is 2.57. The maximum Gasteiger partial charge on any atom is 0.261 e. The van der Waals surface area contributed by atoms with Gasteiger partial charge in [0.1, 0.15) is 0 Å². The van der Waals surface area contributed by atoms with E-state index >= 15 is 0 Å². The van der Waals surface area contributed by atoms with Crippen LogP contribution < -0.4 is 10.5 Å². The lowest BCUT2D eigenvalue weighted by atomic mass is 10.4. The van der Waals surface area contributed by atoms with Gasteiger partial charge in [0.25, 0.3) is 5.91 Å². The van der Waals surface area contributed by atoms with Crippen LogP contribution in [0.4, 0.5) is 0 Å². The van der Waals surface area contributed by atoms with Crippen LogP contribution in [0, 0.1) is 0 Å². The lowest BCUT2D eigenvalue weighted by Crippen LogP contribution is -2.26. The highest BCUT2D eigenvalue weighted by atomic mass is 79.9. The number of carbonyl (C=O) groups is 1. The molecule has 8 heteroatoms. The smallest absolute Gasteiger partial charge is 0.261 e. The summed E-state index contributed by atoms with van der Waals surface area (Å²) in [5, 5.41) is 7.44. The third-order valence-electron chi connectivity index (χ3n) is 1.69. The first kappa shape index (κ1) is 13.6. The number of hydrogen-bond acceptors (Lipinski definition) is 4. The van der Waals surface area contributed by atoms with Gasteiger partial charge in [-0.2, -0.15) is 0 Å². The average molecular weight is 327 g/mol. The molecule has 0 saturated carbocycles. The third-order valence-corrected chi connectivity index (χ3v) is 4.17. The Balaban J connectivity index is 2.31. The van der Waals surface area contributed by atoms with E-state index in [1.807, 2.05) is 0 Å². The second kappa shape index (κ2) is 5.76. The number of halogens is 1. The lowest BCUT2D eigenvalue weighted by Gasteiger charge is -2.02. The van der Waals surface area contributed by atoms with Gasteiger partial charge in [-0.1, -0.05) is 0 Å². The molecule has 0 bridgehead atoms. The Morgan fingerprint density at radius 2 is 2.19 bits per heavy atom. The molecular weight excluding hydrogens is 316 g/mol. The first-order valence-electron chi connectivity index (χ1n) is 4.42. The van der Waals surface area contributed by atoms with Crippen LogP contribution >= 0.6 is 27.3 Å². The van der Waals surface area contributed by atoms with E-state index in [1.165, 1.54) is 11.3 Å². The number of sulfonamides is 1. The summed E-state index contributed by atoms with van der Waals surface area (Å²) in [4.78, 5) is 12.1. The zero-order valence-electron chi connectivity index (χ0n) is 8.27. The van der Waals surface area contributed by atoms with Gasteiger partial charge in [-0.05, 0) is 34.5 Å². The normalized spacial score (nSPS) is 11.4. The van der Waals surface area contributed by atoms with Crippen LogP contribution in [0.5, 0.6) is 0 Å². The Bertz CT molecular complexity index is 469. The van der Waals surface area contributed by atoms with Crippen molar-refractivity contribution in [2.45, 2.75) is 6.42 Å². The van der Waals surface area contributed by atoms with Crippen molar-refractivity contribution in [2.24, 2.45) is 5.14 Å². The Morgan fingerprint density at radius 3 is 2.69 bits per heavy atom. The summed E-state index contributed by atoms with van der Waals surface area (Å²) in [5.41, 5.74) is 0. The van der Waals surface area contributed by atoms with E-state index in [9.17, 15) is 13.2 Å². The van der Waals surface area contributed by atoms with Gasteiger partial charge in [0, 0.05) is 6.54 Å². The predicted octanol–water partition coefficient (Wildman–Crippen LogP) is 0.919. The largest absolute Gasteiger partial charge is 0.351 e. The standard InChI is InChI=1S/C8H11BrN2O3S2/c9-7-3-2-6(15-7)8(12)11-4-1-5-16(10,13)14/h2-3H,1,4-5H2,(H,11,12)(H2,10,13,14). The van der Waals surface area contributed by atoms with Gasteiger partial charge >= 0.3 is 0 Å². The summed E-state index contributed by atoms with van der Waals surface area (Å²) < 4.78 is 22.1. The zero-order valence-corrected chi connectivity index (χ0v) is 11.5. The summed E-state index contributed by atoms with van der Waals surface area (Å²) in [6, 6.07) is 3.48. The van der Waals surface area contributed by atoms with Crippen LogP contribution in [0.2, 0.25) is 0 Å². The van der Waals surface area contributed by atoms with Crippen molar-refractivity contribution in [1.29, 1.82) is 0 Å². The molecular formula is C8H11BrN2O3S2. The van der Waals surface area contributed by atoms with Crippen LogP contribution in [0.1, 0.15) is 16.1 Å². The number of amides is 1. The van der Waals surface area contributed by atoms with E-state index in [2.05, 4.69) is 21.2 Å². The highest BCUT2D eigenvalue weighted by Gasteiger charge is 2.08. The molecule has 1 rings (SSSR count). The van der Waals surface area contributed by atoms with Gasteiger partial charge in [0.05, 0.1) is 14.4 Å². The van der Waals surface area contributed by atoms with Crippen molar-refractivity contribution in [2.75, 3.05) is 12.3 Å². The number of nitrogens with one attached hydrogen (secondary N) is 1. The highest BCUT2D eigenvalue weighted by Crippen LogP contribution is 2.21. The number of nitrogens with two attached hydrogens (primary N) is 1. The number of carbonyl (C=O) groups excluding carboxylic acids is 1. The van der Waals surface area contributed by atoms with E-state index in [-0.39, 0.29) is 11.7 Å². The fraction of sp³-hybridized carbons (Fsp3) is 0.375. The fourth-order valence-electron chi connectivity index (χ4n) is 0.999. The highest BCUT2D eigenvalue weighted by molar-refractivity contribution is 9.11. The van der Waals surface area contributed by atoms with Gasteiger partial charge in [-0.3, -0.25) is 4.79 Å². The molecule has 1 heterocycles. The van der Waals surface area contributed by atoms with Gasteiger partial charge in [-0.25, -0.2) is 13.6 Å². The minimum Gasteiger partial charge on any atom is -0.351 e. The molecule has 0 fully saturated rings. The SMILES string of the molecule is NS(=O)(=O)CCCNC(=O)c1ccc(Br)s1. The molecule has 0 unspecified atom stereocenters. The van der Waals surface area contributed by atoms with Crippen molar-refractivity contribution >= 4 is 43.2 Å². The summed E-state index contributed by atoms with van der Waals surface area (Å²) in [7, 11) is -3.44.